The molecule has 0 aromatic heterocycles. The Bertz CT molecular complexity index is 466. The van der Waals surface area contributed by atoms with Gasteiger partial charge in [0.15, 0.2) is 0 Å². The van der Waals surface area contributed by atoms with Gasteiger partial charge in [0.1, 0.15) is 11.6 Å². The predicted molar refractivity (Wildman–Crippen MR) is 57.2 cm³/mol. The Morgan fingerprint density at radius 1 is 1.20 bits per heavy atom. The molecule has 1 nitrogen and oxygen atoms in total. The first-order valence-corrected chi connectivity index (χ1v) is 4.62. The van der Waals surface area contributed by atoms with E-state index >= 15 is 0 Å². The molecule has 0 spiro atoms. The molecule has 15 heavy (non-hydrogen) atoms. The van der Waals surface area contributed by atoms with E-state index in [-0.39, 0.29) is 5.82 Å². The SMILES string of the molecule is COc1cc[c]c(-c2ccccc2F)c1. The molecule has 2 heteroatoms. The summed E-state index contributed by atoms with van der Waals surface area (Å²) >= 11 is 0. The summed E-state index contributed by atoms with van der Waals surface area (Å²) in [5.41, 5.74) is 1.24. The fourth-order valence-electron chi connectivity index (χ4n) is 1.41. The van der Waals surface area contributed by atoms with Crippen molar-refractivity contribution in [2.24, 2.45) is 0 Å². The van der Waals surface area contributed by atoms with Crippen LogP contribution in [0.15, 0.2) is 42.5 Å². The van der Waals surface area contributed by atoms with Crippen molar-refractivity contribution >= 4 is 0 Å². The number of halogens is 1. The molecule has 0 aliphatic rings. The maximum Gasteiger partial charge on any atom is 0.131 e. The van der Waals surface area contributed by atoms with Crippen molar-refractivity contribution in [3.8, 4) is 16.9 Å². The van der Waals surface area contributed by atoms with Crippen LogP contribution in [-0.2, 0) is 0 Å². The minimum absolute atomic E-state index is 0.248. The standard InChI is InChI=1S/C13H10FO/c1-15-11-6-4-5-10(9-11)12-7-2-3-8-13(12)14/h2-4,6-9H,1H3. The zero-order valence-corrected chi connectivity index (χ0v) is 8.33. The molecule has 0 heterocycles. The highest BCUT2D eigenvalue weighted by Crippen LogP contribution is 2.25. The summed E-state index contributed by atoms with van der Waals surface area (Å²) in [6, 6.07) is 14.9. The van der Waals surface area contributed by atoms with Gasteiger partial charge in [0.05, 0.1) is 7.11 Å². The molecule has 0 aliphatic heterocycles. The van der Waals surface area contributed by atoms with Crippen LogP contribution < -0.4 is 4.74 Å². The quantitative estimate of drug-likeness (QED) is 0.724. The lowest BCUT2D eigenvalue weighted by atomic mass is 10.1. The Hall–Kier alpha value is -1.83. The predicted octanol–water partition coefficient (Wildman–Crippen LogP) is 3.30. The van der Waals surface area contributed by atoms with E-state index < -0.39 is 0 Å². The third-order valence-corrected chi connectivity index (χ3v) is 2.17. The molecule has 1 radical (unpaired) electrons. The molecular weight excluding hydrogens is 191 g/mol. The first-order chi connectivity index (χ1) is 7.31. The molecule has 0 saturated heterocycles. The maximum absolute atomic E-state index is 13.5. The molecule has 0 amide bonds. The fraction of sp³-hybridized carbons (Fsp3) is 0.0769. The van der Waals surface area contributed by atoms with Crippen LogP contribution in [0.3, 0.4) is 0 Å². The second kappa shape index (κ2) is 4.13. The summed E-state index contributed by atoms with van der Waals surface area (Å²) in [6.07, 6.45) is 0. The number of benzene rings is 2. The van der Waals surface area contributed by atoms with Crippen molar-refractivity contribution in [2.75, 3.05) is 7.11 Å². The molecular formula is C13H10FO. The van der Waals surface area contributed by atoms with E-state index in [2.05, 4.69) is 6.07 Å². The molecule has 0 unspecified atom stereocenters. The van der Waals surface area contributed by atoms with E-state index in [0.29, 0.717) is 16.9 Å². The van der Waals surface area contributed by atoms with Gasteiger partial charge in [-0.15, -0.1) is 0 Å². The molecule has 0 bridgehead atoms. The van der Waals surface area contributed by atoms with Crippen LogP contribution in [0.1, 0.15) is 0 Å². The highest BCUT2D eigenvalue weighted by atomic mass is 19.1. The van der Waals surface area contributed by atoms with Crippen LogP contribution in [0.25, 0.3) is 11.1 Å². The second-order valence-electron chi connectivity index (χ2n) is 3.12. The van der Waals surface area contributed by atoms with Gasteiger partial charge in [0.25, 0.3) is 0 Å². The second-order valence-corrected chi connectivity index (χ2v) is 3.12. The Balaban J connectivity index is 2.49. The van der Waals surface area contributed by atoms with Crippen molar-refractivity contribution < 1.29 is 9.13 Å². The number of rotatable bonds is 2. The third-order valence-electron chi connectivity index (χ3n) is 2.17. The molecule has 2 aromatic carbocycles. The van der Waals surface area contributed by atoms with Gasteiger partial charge in [-0.25, -0.2) is 4.39 Å². The van der Waals surface area contributed by atoms with Crippen molar-refractivity contribution in [3.05, 3.63) is 54.3 Å². The minimum Gasteiger partial charge on any atom is -0.497 e. The van der Waals surface area contributed by atoms with Crippen LogP contribution in [0, 0.1) is 11.9 Å². The van der Waals surface area contributed by atoms with Gasteiger partial charge in [-0.05, 0) is 29.8 Å². The summed E-state index contributed by atoms with van der Waals surface area (Å²) < 4.78 is 18.5. The van der Waals surface area contributed by atoms with E-state index in [0.717, 1.165) is 0 Å². The van der Waals surface area contributed by atoms with Crippen LogP contribution in [0.5, 0.6) is 5.75 Å². The lowest BCUT2D eigenvalue weighted by Crippen LogP contribution is -1.86. The molecule has 0 N–H and O–H groups in total. The van der Waals surface area contributed by atoms with Crippen LogP contribution in [0.4, 0.5) is 4.39 Å². The van der Waals surface area contributed by atoms with Crippen molar-refractivity contribution in [2.45, 2.75) is 0 Å². The van der Waals surface area contributed by atoms with Crippen molar-refractivity contribution in [1.29, 1.82) is 0 Å². The van der Waals surface area contributed by atoms with Gasteiger partial charge in [0.2, 0.25) is 0 Å². The molecule has 0 saturated carbocycles. The lowest BCUT2D eigenvalue weighted by molar-refractivity contribution is 0.415. The van der Waals surface area contributed by atoms with Crippen LogP contribution in [-0.4, -0.2) is 7.11 Å². The number of hydrogen-bond donors (Lipinski definition) is 0. The summed E-state index contributed by atoms with van der Waals surface area (Å²) in [7, 11) is 1.58. The van der Waals surface area contributed by atoms with E-state index in [1.807, 2.05) is 0 Å². The van der Waals surface area contributed by atoms with E-state index in [4.69, 9.17) is 4.74 Å². The first kappa shape index (κ1) is 9.71. The smallest absolute Gasteiger partial charge is 0.131 e. The van der Waals surface area contributed by atoms with Crippen LogP contribution >= 0.6 is 0 Å². The number of hydrogen-bond acceptors (Lipinski definition) is 1. The number of methoxy groups -OCH3 is 1. The summed E-state index contributed by atoms with van der Waals surface area (Å²) in [6.45, 7) is 0. The molecule has 2 aromatic rings. The Morgan fingerprint density at radius 2 is 2.00 bits per heavy atom. The van der Waals surface area contributed by atoms with E-state index in [9.17, 15) is 4.39 Å². The summed E-state index contributed by atoms with van der Waals surface area (Å²) in [5.74, 6) is 0.453. The van der Waals surface area contributed by atoms with Crippen LogP contribution in [0.2, 0.25) is 0 Å². The largest absolute Gasteiger partial charge is 0.497 e. The summed E-state index contributed by atoms with van der Waals surface area (Å²) in [4.78, 5) is 0. The normalized spacial score (nSPS) is 10.0. The monoisotopic (exact) mass is 201 g/mol. The maximum atomic E-state index is 13.5. The van der Waals surface area contributed by atoms with Gasteiger partial charge < -0.3 is 4.74 Å². The van der Waals surface area contributed by atoms with E-state index in [1.165, 1.54) is 6.07 Å². The van der Waals surface area contributed by atoms with Gasteiger partial charge in [-0.1, -0.05) is 24.3 Å². The molecule has 0 fully saturated rings. The summed E-state index contributed by atoms with van der Waals surface area (Å²) in [5, 5.41) is 0. The van der Waals surface area contributed by atoms with Gasteiger partial charge in [-0.2, -0.15) is 0 Å². The molecule has 0 aliphatic carbocycles. The highest BCUT2D eigenvalue weighted by molar-refractivity contribution is 5.64. The van der Waals surface area contributed by atoms with Gasteiger partial charge in [0, 0.05) is 5.56 Å². The molecule has 75 valence electrons. The van der Waals surface area contributed by atoms with E-state index in [1.54, 1.807) is 43.5 Å². The number of ether oxygens (including phenoxy) is 1. The average Bonchev–Trinajstić information content (AvgIpc) is 2.30. The minimum atomic E-state index is -0.248. The first-order valence-electron chi connectivity index (χ1n) is 4.62. The molecule has 0 atom stereocenters. The highest BCUT2D eigenvalue weighted by Gasteiger charge is 2.04. The Labute approximate surface area is 88.1 Å². The molecule has 2 rings (SSSR count). The fourth-order valence-corrected chi connectivity index (χ4v) is 1.41. The van der Waals surface area contributed by atoms with Crippen molar-refractivity contribution in [3.63, 3.8) is 0 Å². The lowest BCUT2D eigenvalue weighted by Gasteiger charge is -2.04. The van der Waals surface area contributed by atoms with Gasteiger partial charge in [-0.3, -0.25) is 0 Å². The third kappa shape index (κ3) is 1.99. The van der Waals surface area contributed by atoms with Crippen molar-refractivity contribution in [1.82, 2.24) is 0 Å². The zero-order valence-electron chi connectivity index (χ0n) is 8.33. The Kier molecular flexibility index (Phi) is 2.68. The zero-order chi connectivity index (χ0) is 10.7. The average molecular weight is 201 g/mol. The topological polar surface area (TPSA) is 9.23 Å². The Morgan fingerprint density at radius 3 is 2.73 bits per heavy atom. The van der Waals surface area contributed by atoms with Gasteiger partial charge >= 0.3 is 0 Å².